The number of carbonyl (C=O) groups is 1. The Hall–Kier alpha value is -0.670. The minimum absolute atomic E-state index is 0.247. The first-order chi connectivity index (χ1) is 7.37. The van der Waals surface area contributed by atoms with Gasteiger partial charge < -0.3 is 5.73 Å². The van der Waals surface area contributed by atoms with Gasteiger partial charge in [0, 0.05) is 22.9 Å². The summed E-state index contributed by atoms with van der Waals surface area (Å²) in [7, 11) is 0. The van der Waals surface area contributed by atoms with E-state index in [4.69, 9.17) is 5.73 Å². The highest BCUT2D eigenvalue weighted by atomic mass is 79.9. The molecule has 0 aromatic heterocycles. The summed E-state index contributed by atoms with van der Waals surface area (Å²) in [4.78, 5) is 11.7. The van der Waals surface area contributed by atoms with E-state index in [9.17, 15) is 4.79 Å². The van der Waals surface area contributed by atoms with E-state index in [-0.39, 0.29) is 11.3 Å². The molecule has 0 saturated carbocycles. The van der Waals surface area contributed by atoms with E-state index in [2.05, 4.69) is 15.9 Å². The lowest BCUT2D eigenvalue weighted by Gasteiger charge is -2.17. The van der Waals surface area contributed by atoms with E-state index in [1.807, 2.05) is 38.1 Å². The van der Waals surface area contributed by atoms with Crippen molar-refractivity contribution in [2.24, 2.45) is 5.73 Å². The number of rotatable bonds is 5. The van der Waals surface area contributed by atoms with Crippen LogP contribution in [-0.2, 0) is 11.2 Å². The molecule has 0 spiro atoms. The lowest BCUT2D eigenvalue weighted by Crippen LogP contribution is -2.32. The van der Waals surface area contributed by atoms with Crippen LogP contribution in [0.15, 0.2) is 28.7 Å². The number of hydrogen-bond acceptors (Lipinski definition) is 2. The minimum atomic E-state index is -0.257. The summed E-state index contributed by atoms with van der Waals surface area (Å²) >= 11 is 3.39. The summed E-state index contributed by atoms with van der Waals surface area (Å²) < 4.78 is 1.01. The van der Waals surface area contributed by atoms with Gasteiger partial charge in [-0.3, -0.25) is 4.79 Å². The second-order valence-electron chi connectivity index (χ2n) is 4.83. The van der Waals surface area contributed by atoms with Crippen molar-refractivity contribution in [2.45, 2.75) is 38.6 Å². The monoisotopic (exact) mass is 283 g/mol. The van der Waals surface area contributed by atoms with Gasteiger partial charge >= 0.3 is 0 Å². The Kier molecular flexibility index (Phi) is 4.69. The molecule has 2 N–H and O–H groups in total. The fraction of sp³-hybridized carbons (Fsp3) is 0.462. The Morgan fingerprint density at radius 3 is 2.69 bits per heavy atom. The van der Waals surface area contributed by atoms with Crippen LogP contribution in [0.25, 0.3) is 0 Å². The first kappa shape index (κ1) is 13.4. The molecule has 0 atom stereocenters. The van der Waals surface area contributed by atoms with Crippen molar-refractivity contribution in [2.75, 3.05) is 0 Å². The molecule has 0 aliphatic rings. The summed E-state index contributed by atoms with van der Waals surface area (Å²) in [6.07, 6.45) is 1.78. The van der Waals surface area contributed by atoms with Gasteiger partial charge in [-0.2, -0.15) is 0 Å². The Morgan fingerprint density at radius 1 is 1.44 bits per heavy atom. The second-order valence-corrected chi connectivity index (χ2v) is 5.75. The molecular formula is C13H18BrNO. The second kappa shape index (κ2) is 5.60. The number of nitrogens with two attached hydrogens (primary N) is 1. The number of benzene rings is 1. The summed E-state index contributed by atoms with van der Waals surface area (Å²) in [5.41, 5.74) is 6.63. The maximum Gasteiger partial charge on any atom is 0.137 e. The summed E-state index contributed by atoms with van der Waals surface area (Å²) in [5, 5.41) is 0. The molecule has 0 radical (unpaired) electrons. The highest BCUT2D eigenvalue weighted by molar-refractivity contribution is 9.10. The number of Topliss-reactive ketones (excluding diaryl/α,β-unsaturated/α-hetero) is 1. The van der Waals surface area contributed by atoms with Gasteiger partial charge in [0.05, 0.1) is 0 Å². The minimum Gasteiger partial charge on any atom is -0.326 e. The normalized spacial score (nSPS) is 11.5. The van der Waals surface area contributed by atoms with Gasteiger partial charge in [-0.25, -0.2) is 0 Å². The predicted molar refractivity (Wildman–Crippen MR) is 70.4 cm³/mol. The van der Waals surface area contributed by atoms with Crippen molar-refractivity contribution in [3.8, 4) is 0 Å². The fourth-order valence-corrected chi connectivity index (χ4v) is 1.87. The van der Waals surface area contributed by atoms with Crippen LogP contribution >= 0.6 is 15.9 Å². The van der Waals surface area contributed by atoms with Crippen molar-refractivity contribution >= 4 is 21.7 Å². The zero-order valence-electron chi connectivity index (χ0n) is 9.79. The third kappa shape index (κ3) is 5.42. The van der Waals surface area contributed by atoms with Crippen molar-refractivity contribution in [1.82, 2.24) is 0 Å². The number of halogens is 1. The van der Waals surface area contributed by atoms with Crippen LogP contribution in [0.1, 0.15) is 32.3 Å². The highest BCUT2D eigenvalue weighted by Crippen LogP contribution is 2.14. The maximum absolute atomic E-state index is 11.7. The molecular weight excluding hydrogens is 266 g/mol. The summed E-state index contributed by atoms with van der Waals surface area (Å²) in [6.45, 7) is 3.89. The van der Waals surface area contributed by atoms with Gasteiger partial charge in [0.15, 0.2) is 0 Å². The molecule has 1 rings (SSSR count). The van der Waals surface area contributed by atoms with Gasteiger partial charge in [0.2, 0.25) is 0 Å². The Bertz CT molecular complexity index is 368. The van der Waals surface area contributed by atoms with Gasteiger partial charge in [-0.05, 0) is 38.0 Å². The molecule has 0 aliphatic heterocycles. The Labute approximate surface area is 105 Å². The third-order valence-electron chi connectivity index (χ3n) is 2.34. The van der Waals surface area contributed by atoms with Crippen LogP contribution in [0, 0.1) is 0 Å². The average molecular weight is 284 g/mol. The molecule has 1 aromatic carbocycles. The smallest absolute Gasteiger partial charge is 0.137 e. The van der Waals surface area contributed by atoms with E-state index in [0.717, 1.165) is 16.5 Å². The SMILES string of the molecule is CC(C)(N)CCC(=O)Cc1cccc(Br)c1. The van der Waals surface area contributed by atoms with E-state index >= 15 is 0 Å². The van der Waals surface area contributed by atoms with Crippen LogP contribution in [0.2, 0.25) is 0 Å². The molecule has 1 aromatic rings. The molecule has 88 valence electrons. The van der Waals surface area contributed by atoms with Crippen molar-refractivity contribution < 1.29 is 4.79 Å². The Balaban J connectivity index is 2.46. The molecule has 0 fully saturated rings. The molecule has 0 heterocycles. The van der Waals surface area contributed by atoms with E-state index in [0.29, 0.717) is 12.8 Å². The van der Waals surface area contributed by atoms with Gasteiger partial charge in [-0.15, -0.1) is 0 Å². The van der Waals surface area contributed by atoms with Crippen molar-refractivity contribution in [3.63, 3.8) is 0 Å². The first-order valence-corrected chi connectivity index (χ1v) is 6.21. The van der Waals surface area contributed by atoms with Gasteiger partial charge in [0.1, 0.15) is 5.78 Å². The quantitative estimate of drug-likeness (QED) is 0.903. The molecule has 0 unspecified atom stereocenters. The van der Waals surface area contributed by atoms with Crippen LogP contribution in [0.3, 0.4) is 0 Å². The van der Waals surface area contributed by atoms with Crippen LogP contribution in [0.5, 0.6) is 0 Å². The Morgan fingerprint density at radius 2 is 2.12 bits per heavy atom. The van der Waals surface area contributed by atoms with E-state index in [1.54, 1.807) is 0 Å². The van der Waals surface area contributed by atoms with Gasteiger partial charge in [-0.1, -0.05) is 28.1 Å². The van der Waals surface area contributed by atoms with E-state index in [1.165, 1.54) is 0 Å². The van der Waals surface area contributed by atoms with Crippen molar-refractivity contribution in [1.29, 1.82) is 0 Å². The van der Waals surface area contributed by atoms with Crippen LogP contribution in [0.4, 0.5) is 0 Å². The molecule has 0 bridgehead atoms. The molecule has 2 nitrogen and oxygen atoms in total. The summed E-state index contributed by atoms with van der Waals surface area (Å²) in [6, 6.07) is 7.85. The highest BCUT2D eigenvalue weighted by Gasteiger charge is 2.13. The van der Waals surface area contributed by atoms with Crippen LogP contribution in [-0.4, -0.2) is 11.3 Å². The maximum atomic E-state index is 11.7. The molecule has 0 amide bonds. The molecule has 3 heteroatoms. The lowest BCUT2D eigenvalue weighted by molar-refractivity contribution is -0.118. The largest absolute Gasteiger partial charge is 0.326 e. The predicted octanol–water partition coefficient (Wildman–Crippen LogP) is 3.08. The number of ketones is 1. The first-order valence-electron chi connectivity index (χ1n) is 5.42. The number of carbonyl (C=O) groups excluding carboxylic acids is 1. The average Bonchev–Trinajstić information content (AvgIpc) is 2.14. The summed E-state index contributed by atoms with van der Waals surface area (Å²) in [5.74, 6) is 0.247. The topological polar surface area (TPSA) is 43.1 Å². The standard InChI is InChI=1S/C13H18BrNO/c1-13(2,15)7-6-12(16)9-10-4-3-5-11(14)8-10/h3-5,8H,6-7,9,15H2,1-2H3. The molecule has 16 heavy (non-hydrogen) atoms. The zero-order chi connectivity index (χ0) is 12.2. The fourth-order valence-electron chi connectivity index (χ4n) is 1.42. The zero-order valence-corrected chi connectivity index (χ0v) is 11.4. The molecule has 0 saturated heterocycles. The lowest BCUT2D eigenvalue weighted by atomic mass is 9.96. The van der Waals surface area contributed by atoms with Gasteiger partial charge in [0.25, 0.3) is 0 Å². The van der Waals surface area contributed by atoms with E-state index < -0.39 is 0 Å². The van der Waals surface area contributed by atoms with Crippen LogP contribution < -0.4 is 5.73 Å². The third-order valence-corrected chi connectivity index (χ3v) is 2.83. The van der Waals surface area contributed by atoms with Crippen molar-refractivity contribution in [3.05, 3.63) is 34.3 Å². The number of hydrogen-bond donors (Lipinski definition) is 1. The molecule has 0 aliphatic carbocycles.